The first kappa shape index (κ1) is 22.1. The number of methoxy groups -OCH3 is 2. The van der Waals surface area contributed by atoms with Gasteiger partial charge in [-0.1, -0.05) is 19.1 Å². The monoisotopic (exact) mass is 432 g/mol. The third-order valence-corrected chi connectivity index (χ3v) is 7.31. The molecule has 1 aliphatic heterocycles. The molecular formula is C22H28N2O5S. The lowest BCUT2D eigenvalue weighted by molar-refractivity contribution is -0.120. The fraction of sp³-hybridized carbons (Fsp3) is 0.409. The molecule has 0 bridgehead atoms. The second kappa shape index (κ2) is 9.49. The van der Waals surface area contributed by atoms with E-state index in [1.54, 1.807) is 6.07 Å². The Labute approximate surface area is 178 Å². The number of aryl methyl sites for hydroxylation is 1. The van der Waals surface area contributed by atoms with Crippen molar-refractivity contribution in [3.05, 3.63) is 48.0 Å². The molecule has 0 saturated carbocycles. The Morgan fingerprint density at radius 3 is 2.40 bits per heavy atom. The summed E-state index contributed by atoms with van der Waals surface area (Å²) in [4.78, 5) is 12.8. The number of nitrogens with zero attached hydrogens (tertiary/aromatic N) is 1. The van der Waals surface area contributed by atoms with E-state index in [-0.39, 0.29) is 16.7 Å². The Bertz CT molecular complexity index is 998. The van der Waals surface area contributed by atoms with Gasteiger partial charge in [0.2, 0.25) is 15.9 Å². The number of hydrogen-bond donors (Lipinski definition) is 1. The maximum absolute atomic E-state index is 13.0. The molecule has 0 spiro atoms. The minimum atomic E-state index is -3.67. The van der Waals surface area contributed by atoms with Crippen molar-refractivity contribution in [2.45, 2.75) is 31.1 Å². The first-order valence-electron chi connectivity index (χ1n) is 10.0. The van der Waals surface area contributed by atoms with Crippen molar-refractivity contribution in [2.24, 2.45) is 5.92 Å². The highest BCUT2D eigenvalue weighted by Gasteiger charge is 2.32. The SMILES string of the molecule is CCc1cccc(NC(=O)C2CCN(S(=O)(=O)c3ccc(OC)c(OC)c3)CC2)c1. The highest BCUT2D eigenvalue weighted by Crippen LogP contribution is 2.32. The molecule has 1 saturated heterocycles. The molecule has 1 fully saturated rings. The number of piperidine rings is 1. The van der Waals surface area contributed by atoms with Crippen molar-refractivity contribution in [3.8, 4) is 11.5 Å². The molecule has 1 heterocycles. The number of carbonyl (C=O) groups is 1. The molecule has 0 atom stereocenters. The van der Waals surface area contributed by atoms with Crippen LogP contribution < -0.4 is 14.8 Å². The van der Waals surface area contributed by atoms with Crippen LogP contribution in [0.5, 0.6) is 11.5 Å². The number of amides is 1. The Morgan fingerprint density at radius 1 is 1.07 bits per heavy atom. The lowest BCUT2D eigenvalue weighted by Crippen LogP contribution is -2.41. The van der Waals surface area contributed by atoms with Gasteiger partial charge in [-0.25, -0.2) is 8.42 Å². The lowest BCUT2D eigenvalue weighted by Gasteiger charge is -2.30. The van der Waals surface area contributed by atoms with Crippen LogP contribution in [0, 0.1) is 5.92 Å². The summed E-state index contributed by atoms with van der Waals surface area (Å²) in [5, 5.41) is 2.96. The minimum absolute atomic E-state index is 0.0635. The van der Waals surface area contributed by atoms with Gasteiger partial charge in [0.1, 0.15) is 0 Å². The van der Waals surface area contributed by atoms with E-state index in [4.69, 9.17) is 9.47 Å². The van der Waals surface area contributed by atoms with Crippen molar-refractivity contribution in [1.29, 1.82) is 0 Å². The molecule has 8 heteroatoms. The van der Waals surface area contributed by atoms with Crippen LogP contribution in [0.4, 0.5) is 5.69 Å². The van der Waals surface area contributed by atoms with E-state index in [1.165, 1.54) is 30.7 Å². The van der Waals surface area contributed by atoms with Gasteiger partial charge in [-0.2, -0.15) is 4.31 Å². The number of nitrogens with one attached hydrogen (secondary N) is 1. The van der Waals surface area contributed by atoms with Gasteiger partial charge in [0, 0.05) is 30.8 Å². The molecule has 0 unspecified atom stereocenters. The number of carbonyl (C=O) groups excluding carboxylic acids is 1. The van der Waals surface area contributed by atoms with Crippen LogP contribution in [-0.4, -0.2) is 45.9 Å². The van der Waals surface area contributed by atoms with Gasteiger partial charge in [0.15, 0.2) is 11.5 Å². The molecule has 3 rings (SSSR count). The molecular weight excluding hydrogens is 404 g/mol. The van der Waals surface area contributed by atoms with Crippen molar-refractivity contribution >= 4 is 21.6 Å². The third-order valence-electron chi connectivity index (χ3n) is 5.42. The van der Waals surface area contributed by atoms with Gasteiger partial charge in [0.25, 0.3) is 0 Å². The van der Waals surface area contributed by atoms with Crippen LogP contribution in [0.15, 0.2) is 47.4 Å². The van der Waals surface area contributed by atoms with E-state index < -0.39 is 10.0 Å². The zero-order valence-electron chi connectivity index (χ0n) is 17.6. The Balaban J connectivity index is 1.65. The molecule has 1 N–H and O–H groups in total. The summed E-state index contributed by atoms with van der Waals surface area (Å²) in [6.45, 7) is 2.66. The number of sulfonamides is 1. The summed E-state index contributed by atoms with van der Waals surface area (Å²) in [5.74, 6) is 0.555. The number of rotatable bonds is 7. The largest absolute Gasteiger partial charge is 0.493 e. The summed E-state index contributed by atoms with van der Waals surface area (Å²) < 4.78 is 37.9. The number of hydrogen-bond acceptors (Lipinski definition) is 5. The van der Waals surface area contributed by atoms with E-state index in [0.29, 0.717) is 37.4 Å². The summed E-state index contributed by atoms with van der Waals surface area (Å²) >= 11 is 0. The van der Waals surface area contributed by atoms with E-state index in [9.17, 15) is 13.2 Å². The van der Waals surface area contributed by atoms with Gasteiger partial charge in [-0.05, 0) is 49.1 Å². The predicted octanol–water partition coefficient (Wildman–Crippen LogP) is 3.31. The van der Waals surface area contributed by atoms with Crippen molar-refractivity contribution in [1.82, 2.24) is 4.31 Å². The van der Waals surface area contributed by atoms with E-state index in [0.717, 1.165) is 17.7 Å². The first-order valence-corrected chi connectivity index (χ1v) is 11.4. The fourth-order valence-corrected chi connectivity index (χ4v) is 5.08. The molecule has 0 aromatic heterocycles. The number of anilines is 1. The zero-order valence-corrected chi connectivity index (χ0v) is 18.4. The Kier molecular flexibility index (Phi) is 6.99. The van der Waals surface area contributed by atoms with Gasteiger partial charge >= 0.3 is 0 Å². The van der Waals surface area contributed by atoms with E-state index >= 15 is 0 Å². The highest BCUT2D eigenvalue weighted by atomic mass is 32.2. The summed E-state index contributed by atoms with van der Waals surface area (Å²) in [5.41, 5.74) is 1.93. The molecule has 30 heavy (non-hydrogen) atoms. The van der Waals surface area contributed by atoms with Crippen LogP contribution in [0.3, 0.4) is 0 Å². The number of ether oxygens (including phenoxy) is 2. The molecule has 7 nitrogen and oxygen atoms in total. The molecule has 0 radical (unpaired) electrons. The number of benzene rings is 2. The molecule has 1 aliphatic rings. The molecule has 2 aromatic carbocycles. The van der Waals surface area contributed by atoms with Crippen molar-refractivity contribution < 1.29 is 22.7 Å². The van der Waals surface area contributed by atoms with Gasteiger partial charge in [-0.15, -0.1) is 0 Å². The van der Waals surface area contributed by atoms with Crippen LogP contribution in [0.2, 0.25) is 0 Å². The Hall–Kier alpha value is -2.58. The van der Waals surface area contributed by atoms with Crippen LogP contribution in [0.1, 0.15) is 25.3 Å². The topological polar surface area (TPSA) is 84.9 Å². The third kappa shape index (κ3) is 4.76. The summed E-state index contributed by atoms with van der Waals surface area (Å²) in [6.07, 6.45) is 1.85. The lowest BCUT2D eigenvalue weighted by atomic mass is 9.97. The van der Waals surface area contributed by atoms with Crippen molar-refractivity contribution in [3.63, 3.8) is 0 Å². The molecule has 2 aromatic rings. The Morgan fingerprint density at radius 2 is 1.77 bits per heavy atom. The van der Waals surface area contributed by atoms with Gasteiger partial charge < -0.3 is 14.8 Å². The molecule has 0 aliphatic carbocycles. The smallest absolute Gasteiger partial charge is 0.243 e. The van der Waals surface area contributed by atoms with Gasteiger partial charge in [-0.3, -0.25) is 4.79 Å². The maximum Gasteiger partial charge on any atom is 0.243 e. The van der Waals surface area contributed by atoms with Crippen LogP contribution in [-0.2, 0) is 21.2 Å². The van der Waals surface area contributed by atoms with Crippen molar-refractivity contribution in [2.75, 3.05) is 32.6 Å². The first-order chi connectivity index (χ1) is 14.4. The van der Waals surface area contributed by atoms with Crippen LogP contribution in [0.25, 0.3) is 0 Å². The minimum Gasteiger partial charge on any atom is -0.493 e. The zero-order chi connectivity index (χ0) is 21.7. The summed E-state index contributed by atoms with van der Waals surface area (Å²) in [6, 6.07) is 12.3. The van der Waals surface area contributed by atoms with Gasteiger partial charge in [0.05, 0.1) is 19.1 Å². The average molecular weight is 433 g/mol. The summed E-state index contributed by atoms with van der Waals surface area (Å²) in [7, 11) is -0.703. The predicted molar refractivity (Wildman–Crippen MR) is 115 cm³/mol. The normalized spacial score (nSPS) is 15.6. The molecule has 162 valence electrons. The van der Waals surface area contributed by atoms with E-state index in [2.05, 4.69) is 12.2 Å². The second-order valence-electron chi connectivity index (χ2n) is 7.24. The van der Waals surface area contributed by atoms with Crippen LogP contribution >= 0.6 is 0 Å². The highest BCUT2D eigenvalue weighted by molar-refractivity contribution is 7.89. The average Bonchev–Trinajstić information content (AvgIpc) is 2.78. The van der Waals surface area contributed by atoms with E-state index in [1.807, 2.05) is 24.3 Å². The fourth-order valence-electron chi connectivity index (χ4n) is 3.60. The maximum atomic E-state index is 13.0. The molecule has 1 amide bonds. The second-order valence-corrected chi connectivity index (χ2v) is 9.18. The quantitative estimate of drug-likeness (QED) is 0.726. The standard InChI is InChI=1S/C22H28N2O5S/c1-4-16-6-5-7-18(14-16)23-22(25)17-10-12-24(13-11-17)30(26,27)19-8-9-20(28-2)21(15-19)29-3/h5-9,14-15,17H,4,10-13H2,1-3H3,(H,23,25).